The normalized spacial score (nSPS) is 25.6. The Hall–Kier alpha value is -0.810. The van der Waals surface area contributed by atoms with Gasteiger partial charge >= 0.3 is 0 Å². The van der Waals surface area contributed by atoms with E-state index in [4.69, 9.17) is 9.47 Å². The number of likely N-dealkylation sites (tertiary alicyclic amines) is 1. The van der Waals surface area contributed by atoms with Gasteiger partial charge in [0.2, 0.25) is 0 Å². The molecule has 21 heavy (non-hydrogen) atoms. The summed E-state index contributed by atoms with van der Waals surface area (Å²) < 4.78 is 11.2. The summed E-state index contributed by atoms with van der Waals surface area (Å²) in [6.45, 7) is 10.2. The van der Waals surface area contributed by atoms with Crippen molar-refractivity contribution >= 4 is 5.96 Å². The molecule has 0 aromatic carbocycles. The van der Waals surface area contributed by atoms with Crippen molar-refractivity contribution in [3.05, 3.63) is 0 Å². The van der Waals surface area contributed by atoms with Crippen LogP contribution in [0, 0.1) is 5.41 Å². The van der Waals surface area contributed by atoms with E-state index in [9.17, 15) is 0 Å². The Morgan fingerprint density at radius 2 is 2.33 bits per heavy atom. The van der Waals surface area contributed by atoms with Crippen LogP contribution in [-0.2, 0) is 9.47 Å². The van der Waals surface area contributed by atoms with Gasteiger partial charge in [-0.3, -0.25) is 4.99 Å². The molecule has 0 aliphatic carbocycles. The van der Waals surface area contributed by atoms with E-state index in [1.165, 1.54) is 12.8 Å². The van der Waals surface area contributed by atoms with E-state index in [2.05, 4.69) is 29.1 Å². The van der Waals surface area contributed by atoms with Gasteiger partial charge in [0.15, 0.2) is 5.96 Å². The lowest BCUT2D eigenvalue weighted by molar-refractivity contribution is 0.0168. The van der Waals surface area contributed by atoms with E-state index in [0.29, 0.717) is 11.5 Å². The second-order valence-corrected chi connectivity index (χ2v) is 6.87. The highest BCUT2D eigenvalue weighted by molar-refractivity contribution is 5.80. The van der Waals surface area contributed by atoms with Gasteiger partial charge in [-0.15, -0.1) is 0 Å². The molecule has 0 aromatic rings. The van der Waals surface area contributed by atoms with Gasteiger partial charge in [-0.05, 0) is 31.1 Å². The molecule has 2 aliphatic heterocycles. The molecule has 5 nitrogen and oxygen atoms in total. The van der Waals surface area contributed by atoms with Crippen molar-refractivity contribution in [2.45, 2.75) is 45.6 Å². The van der Waals surface area contributed by atoms with Crippen molar-refractivity contribution in [2.75, 3.05) is 46.5 Å². The highest BCUT2D eigenvalue weighted by Crippen LogP contribution is 2.28. The van der Waals surface area contributed by atoms with E-state index in [-0.39, 0.29) is 0 Å². The zero-order chi connectivity index (χ0) is 15.1. The number of hydrogen-bond donors (Lipinski definition) is 1. The van der Waals surface area contributed by atoms with Gasteiger partial charge in [0.25, 0.3) is 0 Å². The van der Waals surface area contributed by atoms with Gasteiger partial charge in [-0.2, -0.15) is 0 Å². The first-order valence-corrected chi connectivity index (χ1v) is 8.26. The molecule has 0 bridgehead atoms. The molecule has 2 rings (SSSR count). The largest absolute Gasteiger partial charge is 0.379 e. The summed E-state index contributed by atoms with van der Waals surface area (Å²) in [5, 5.41) is 3.44. The fraction of sp³-hybridized carbons (Fsp3) is 0.938. The average molecular weight is 297 g/mol. The van der Waals surface area contributed by atoms with E-state index < -0.39 is 0 Å². The molecule has 0 aromatic heterocycles. The van der Waals surface area contributed by atoms with Crippen molar-refractivity contribution in [2.24, 2.45) is 10.4 Å². The number of nitrogens with one attached hydrogen (secondary N) is 1. The molecule has 0 saturated carbocycles. The predicted molar refractivity (Wildman–Crippen MR) is 85.7 cm³/mol. The Morgan fingerprint density at radius 1 is 1.48 bits per heavy atom. The molecular weight excluding hydrogens is 266 g/mol. The van der Waals surface area contributed by atoms with Crippen molar-refractivity contribution in [1.29, 1.82) is 0 Å². The monoisotopic (exact) mass is 297 g/mol. The van der Waals surface area contributed by atoms with Crippen LogP contribution in [0.15, 0.2) is 4.99 Å². The minimum atomic E-state index is 0.331. The van der Waals surface area contributed by atoms with Gasteiger partial charge in [0.05, 0.1) is 12.7 Å². The van der Waals surface area contributed by atoms with Crippen LogP contribution in [0.3, 0.4) is 0 Å². The van der Waals surface area contributed by atoms with Crippen LogP contribution in [-0.4, -0.2) is 63.5 Å². The highest BCUT2D eigenvalue weighted by Gasteiger charge is 2.30. The number of nitrogens with zero attached hydrogens (tertiary/aromatic N) is 2. The Balaban J connectivity index is 1.54. The van der Waals surface area contributed by atoms with E-state index in [1.807, 2.05) is 7.05 Å². The molecular formula is C16H31N3O2. The molecule has 0 spiro atoms. The Bertz CT molecular complexity index is 338. The van der Waals surface area contributed by atoms with E-state index >= 15 is 0 Å². The number of guanidine groups is 1. The lowest BCUT2D eigenvalue weighted by atomic mass is 9.93. The smallest absolute Gasteiger partial charge is 0.193 e. The van der Waals surface area contributed by atoms with E-state index in [0.717, 1.165) is 58.3 Å². The zero-order valence-corrected chi connectivity index (χ0v) is 13.9. The maximum absolute atomic E-state index is 5.67. The molecule has 1 unspecified atom stereocenters. The minimum Gasteiger partial charge on any atom is -0.379 e. The molecule has 2 heterocycles. The van der Waals surface area contributed by atoms with E-state index in [1.54, 1.807) is 0 Å². The van der Waals surface area contributed by atoms with Gasteiger partial charge < -0.3 is 19.7 Å². The molecule has 0 radical (unpaired) electrons. The first-order chi connectivity index (χ1) is 10.1. The SMILES string of the molecule is CN=C(NCCCOCC1CCCO1)N1CCC(C)(C)C1. The fourth-order valence-corrected chi connectivity index (χ4v) is 2.99. The maximum Gasteiger partial charge on any atom is 0.193 e. The first kappa shape index (κ1) is 16.6. The van der Waals surface area contributed by atoms with Crippen LogP contribution >= 0.6 is 0 Å². The summed E-state index contributed by atoms with van der Waals surface area (Å²) >= 11 is 0. The standard InChI is InChI=1S/C16H31N3O2/c1-16(2)7-9-19(13-16)15(17-3)18-8-5-10-20-12-14-6-4-11-21-14/h14H,4-13H2,1-3H3,(H,17,18). The van der Waals surface area contributed by atoms with Crippen LogP contribution in [0.2, 0.25) is 0 Å². The number of aliphatic imine (C=N–C) groups is 1. The molecule has 1 atom stereocenters. The number of rotatable bonds is 6. The molecule has 0 amide bonds. The van der Waals surface area contributed by atoms with Crippen LogP contribution < -0.4 is 5.32 Å². The van der Waals surface area contributed by atoms with Crippen LogP contribution in [0.1, 0.15) is 39.5 Å². The van der Waals surface area contributed by atoms with Gasteiger partial charge in [-0.25, -0.2) is 0 Å². The summed E-state index contributed by atoms with van der Waals surface area (Å²) in [6.07, 6.45) is 4.90. The summed E-state index contributed by atoms with van der Waals surface area (Å²) in [4.78, 5) is 6.74. The minimum absolute atomic E-state index is 0.331. The van der Waals surface area contributed by atoms with Crippen LogP contribution in [0.4, 0.5) is 0 Å². The molecule has 122 valence electrons. The fourth-order valence-electron chi connectivity index (χ4n) is 2.99. The third-order valence-electron chi connectivity index (χ3n) is 4.27. The summed E-state index contributed by atoms with van der Waals surface area (Å²) in [7, 11) is 1.86. The lowest BCUT2D eigenvalue weighted by Crippen LogP contribution is -2.41. The molecule has 1 N–H and O–H groups in total. The predicted octanol–water partition coefficient (Wildman–Crippen LogP) is 1.88. The summed E-state index contributed by atoms with van der Waals surface area (Å²) in [5.74, 6) is 1.03. The number of ether oxygens (including phenoxy) is 2. The topological polar surface area (TPSA) is 46.1 Å². The molecule has 5 heteroatoms. The Morgan fingerprint density at radius 3 is 2.95 bits per heavy atom. The van der Waals surface area contributed by atoms with Gasteiger partial charge in [-0.1, -0.05) is 13.8 Å². The first-order valence-electron chi connectivity index (χ1n) is 8.26. The quantitative estimate of drug-likeness (QED) is 0.462. The second-order valence-electron chi connectivity index (χ2n) is 6.87. The Kier molecular flexibility index (Phi) is 6.30. The molecule has 2 saturated heterocycles. The third kappa shape index (κ3) is 5.47. The zero-order valence-electron chi connectivity index (χ0n) is 13.9. The van der Waals surface area contributed by atoms with Gasteiger partial charge in [0, 0.05) is 39.9 Å². The lowest BCUT2D eigenvalue weighted by Gasteiger charge is -2.23. The highest BCUT2D eigenvalue weighted by atomic mass is 16.5. The van der Waals surface area contributed by atoms with Crippen molar-refractivity contribution in [3.63, 3.8) is 0 Å². The second kappa shape index (κ2) is 7.99. The molecule has 2 aliphatic rings. The summed E-state index contributed by atoms with van der Waals surface area (Å²) in [6, 6.07) is 0. The average Bonchev–Trinajstić information content (AvgIpc) is 3.07. The number of hydrogen-bond acceptors (Lipinski definition) is 3. The maximum atomic E-state index is 5.67. The van der Waals surface area contributed by atoms with Crippen molar-refractivity contribution < 1.29 is 9.47 Å². The van der Waals surface area contributed by atoms with Crippen molar-refractivity contribution in [1.82, 2.24) is 10.2 Å². The molecule has 2 fully saturated rings. The third-order valence-corrected chi connectivity index (χ3v) is 4.27. The van der Waals surface area contributed by atoms with Gasteiger partial charge in [0.1, 0.15) is 0 Å². The van der Waals surface area contributed by atoms with Crippen LogP contribution in [0.5, 0.6) is 0 Å². The van der Waals surface area contributed by atoms with Crippen LogP contribution in [0.25, 0.3) is 0 Å². The van der Waals surface area contributed by atoms with Crippen molar-refractivity contribution in [3.8, 4) is 0 Å². The Labute approximate surface area is 129 Å². The summed E-state index contributed by atoms with van der Waals surface area (Å²) in [5.41, 5.74) is 0.405.